The molecule has 0 radical (unpaired) electrons. The summed E-state index contributed by atoms with van der Waals surface area (Å²) in [6, 6.07) is 7.48. The fourth-order valence-corrected chi connectivity index (χ4v) is 3.95. The molecule has 2 aliphatic rings. The molecule has 3 aromatic rings. The molecular weight excluding hydrogens is 364 g/mol. The van der Waals surface area contributed by atoms with Gasteiger partial charge in [0, 0.05) is 53.7 Å². The van der Waals surface area contributed by atoms with Crippen LogP contribution in [0.4, 0.5) is 5.82 Å². The fraction of sp³-hybridized carbons (Fsp3) is 0.350. The number of methoxy groups -OCH3 is 1. The standard InChI is InChI=1S/C20H19ClN4O2/c1-27-20(26)12-4-5-15-13(8-12)14-10-25(7-6-16(14)22-15)18-9-17(21)23-19(24-18)11-2-3-11/h4-5,8-9,11,22H,2-3,6-7,10H2,1H3. The molecule has 1 N–H and O–H groups in total. The Morgan fingerprint density at radius 1 is 1.30 bits per heavy atom. The van der Waals surface area contributed by atoms with Crippen LogP contribution >= 0.6 is 11.6 Å². The van der Waals surface area contributed by atoms with Crippen LogP contribution in [0.5, 0.6) is 0 Å². The molecule has 138 valence electrons. The number of nitrogens with zero attached hydrogens (tertiary/aromatic N) is 3. The zero-order valence-corrected chi connectivity index (χ0v) is 15.7. The molecule has 0 spiro atoms. The average Bonchev–Trinajstić information content (AvgIpc) is 3.47. The Morgan fingerprint density at radius 2 is 2.15 bits per heavy atom. The lowest BCUT2D eigenvalue weighted by molar-refractivity contribution is 0.0601. The Morgan fingerprint density at radius 3 is 2.93 bits per heavy atom. The summed E-state index contributed by atoms with van der Waals surface area (Å²) in [5, 5.41) is 1.56. The van der Waals surface area contributed by atoms with Crippen LogP contribution in [0.3, 0.4) is 0 Å². The highest BCUT2D eigenvalue weighted by atomic mass is 35.5. The lowest BCUT2D eigenvalue weighted by Gasteiger charge is -2.28. The summed E-state index contributed by atoms with van der Waals surface area (Å²) in [5.74, 6) is 1.87. The van der Waals surface area contributed by atoms with Crippen LogP contribution in [-0.2, 0) is 17.7 Å². The van der Waals surface area contributed by atoms with Crippen LogP contribution in [0.25, 0.3) is 10.9 Å². The molecule has 1 aliphatic carbocycles. The van der Waals surface area contributed by atoms with Crippen molar-refractivity contribution in [2.75, 3.05) is 18.6 Å². The van der Waals surface area contributed by atoms with E-state index < -0.39 is 0 Å². The van der Waals surface area contributed by atoms with Crippen molar-refractivity contribution in [3.8, 4) is 0 Å². The molecule has 0 bridgehead atoms. The number of esters is 1. The minimum absolute atomic E-state index is 0.323. The number of hydrogen-bond donors (Lipinski definition) is 1. The van der Waals surface area contributed by atoms with Gasteiger partial charge in [-0.25, -0.2) is 14.8 Å². The molecule has 7 heteroatoms. The van der Waals surface area contributed by atoms with Crippen molar-refractivity contribution in [1.29, 1.82) is 0 Å². The summed E-state index contributed by atoms with van der Waals surface area (Å²) in [4.78, 5) is 26.8. The van der Waals surface area contributed by atoms with Crippen LogP contribution in [-0.4, -0.2) is 34.6 Å². The highest BCUT2D eigenvalue weighted by molar-refractivity contribution is 6.29. The van der Waals surface area contributed by atoms with Gasteiger partial charge in [0.25, 0.3) is 0 Å². The third kappa shape index (κ3) is 2.94. The molecule has 0 saturated heterocycles. The van der Waals surface area contributed by atoms with E-state index >= 15 is 0 Å². The Balaban J connectivity index is 1.52. The number of halogens is 1. The van der Waals surface area contributed by atoms with E-state index in [4.69, 9.17) is 21.3 Å². The molecule has 3 heterocycles. The number of H-pyrrole nitrogens is 1. The van der Waals surface area contributed by atoms with Crippen LogP contribution in [0.15, 0.2) is 24.3 Å². The number of anilines is 1. The zero-order chi connectivity index (χ0) is 18.5. The number of fused-ring (bicyclic) bond motifs is 3. The zero-order valence-electron chi connectivity index (χ0n) is 15.0. The van der Waals surface area contributed by atoms with Gasteiger partial charge in [-0.05, 0) is 31.0 Å². The van der Waals surface area contributed by atoms with Crippen LogP contribution < -0.4 is 4.90 Å². The number of aromatic nitrogens is 3. The minimum Gasteiger partial charge on any atom is -0.465 e. The van der Waals surface area contributed by atoms with Crippen molar-refractivity contribution < 1.29 is 9.53 Å². The van der Waals surface area contributed by atoms with E-state index in [2.05, 4.69) is 14.9 Å². The Bertz CT molecular complexity index is 1060. The number of aromatic amines is 1. The van der Waals surface area contributed by atoms with Gasteiger partial charge in [-0.3, -0.25) is 0 Å². The molecule has 6 nitrogen and oxygen atoms in total. The summed E-state index contributed by atoms with van der Waals surface area (Å²) in [7, 11) is 1.40. The largest absolute Gasteiger partial charge is 0.465 e. The van der Waals surface area contributed by atoms with Crippen molar-refractivity contribution in [1.82, 2.24) is 15.0 Å². The van der Waals surface area contributed by atoms with E-state index in [0.29, 0.717) is 16.6 Å². The summed E-state index contributed by atoms with van der Waals surface area (Å²) in [5.41, 5.74) is 4.01. The monoisotopic (exact) mass is 382 g/mol. The van der Waals surface area contributed by atoms with E-state index in [1.54, 1.807) is 6.07 Å². The summed E-state index contributed by atoms with van der Waals surface area (Å²) >= 11 is 6.25. The number of benzene rings is 1. The first-order valence-corrected chi connectivity index (χ1v) is 9.51. The van der Waals surface area contributed by atoms with Gasteiger partial charge in [-0.15, -0.1) is 0 Å². The third-order valence-corrected chi connectivity index (χ3v) is 5.56. The predicted octanol–water partition coefficient (Wildman–Crippen LogP) is 3.84. The predicted molar refractivity (Wildman–Crippen MR) is 103 cm³/mol. The fourth-order valence-electron chi connectivity index (χ4n) is 3.76. The van der Waals surface area contributed by atoms with Crippen LogP contribution in [0, 0.1) is 0 Å². The summed E-state index contributed by atoms with van der Waals surface area (Å²) in [6.45, 7) is 1.58. The highest BCUT2D eigenvalue weighted by Crippen LogP contribution is 2.39. The van der Waals surface area contributed by atoms with Crippen molar-refractivity contribution in [2.24, 2.45) is 0 Å². The minimum atomic E-state index is -0.323. The first kappa shape index (κ1) is 16.6. The molecule has 1 aliphatic heterocycles. The van der Waals surface area contributed by atoms with E-state index in [9.17, 15) is 4.79 Å². The van der Waals surface area contributed by atoms with Gasteiger partial charge in [0.15, 0.2) is 0 Å². The first-order valence-electron chi connectivity index (χ1n) is 9.13. The molecule has 1 saturated carbocycles. The maximum atomic E-state index is 11.9. The normalized spacial score (nSPS) is 16.4. The number of hydrogen-bond acceptors (Lipinski definition) is 5. The third-order valence-electron chi connectivity index (χ3n) is 5.36. The summed E-state index contributed by atoms with van der Waals surface area (Å²) < 4.78 is 4.86. The second-order valence-corrected chi connectivity index (χ2v) is 7.57. The van der Waals surface area contributed by atoms with Crippen LogP contribution in [0.2, 0.25) is 5.15 Å². The van der Waals surface area contributed by atoms with E-state index in [-0.39, 0.29) is 5.97 Å². The van der Waals surface area contributed by atoms with Gasteiger partial charge in [0.05, 0.1) is 12.7 Å². The molecule has 0 atom stereocenters. The SMILES string of the molecule is COC(=O)c1ccc2[nH]c3c(c2c1)CN(c1cc(Cl)nc(C2CC2)n1)CC3. The van der Waals surface area contributed by atoms with Gasteiger partial charge in [0.2, 0.25) is 0 Å². The first-order chi connectivity index (χ1) is 13.1. The van der Waals surface area contributed by atoms with Gasteiger partial charge < -0.3 is 14.6 Å². The Hall–Kier alpha value is -2.60. The lowest BCUT2D eigenvalue weighted by atomic mass is 10.0. The van der Waals surface area contributed by atoms with Crippen molar-refractivity contribution in [3.05, 3.63) is 52.1 Å². The molecule has 2 aromatic heterocycles. The van der Waals surface area contributed by atoms with E-state index in [1.165, 1.54) is 18.4 Å². The number of nitrogens with one attached hydrogen (secondary N) is 1. The number of carbonyl (C=O) groups is 1. The van der Waals surface area contributed by atoms with Crippen molar-refractivity contribution >= 4 is 34.3 Å². The molecule has 0 unspecified atom stereocenters. The molecule has 5 rings (SSSR count). The quantitative estimate of drug-likeness (QED) is 0.550. The second-order valence-electron chi connectivity index (χ2n) is 7.19. The number of carbonyl (C=O) groups excluding carboxylic acids is 1. The second kappa shape index (κ2) is 6.23. The molecule has 1 fully saturated rings. The lowest BCUT2D eigenvalue weighted by Crippen LogP contribution is -2.31. The number of ether oxygens (including phenoxy) is 1. The topological polar surface area (TPSA) is 71.1 Å². The Kier molecular flexibility index (Phi) is 3.82. The smallest absolute Gasteiger partial charge is 0.337 e. The maximum absolute atomic E-state index is 11.9. The van der Waals surface area contributed by atoms with E-state index in [0.717, 1.165) is 54.9 Å². The summed E-state index contributed by atoms with van der Waals surface area (Å²) in [6.07, 6.45) is 3.17. The van der Waals surface area contributed by atoms with Gasteiger partial charge in [-0.2, -0.15) is 0 Å². The molecule has 27 heavy (non-hydrogen) atoms. The Labute approximate surface area is 161 Å². The van der Waals surface area contributed by atoms with Crippen molar-refractivity contribution in [2.45, 2.75) is 31.7 Å². The molecular formula is C20H19ClN4O2. The van der Waals surface area contributed by atoms with Gasteiger partial charge in [-0.1, -0.05) is 11.6 Å². The van der Waals surface area contributed by atoms with Crippen LogP contribution in [0.1, 0.15) is 46.2 Å². The van der Waals surface area contributed by atoms with Gasteiger partial charge >= 0.3 is 5.97 Å². The van der Waals surface area contributed by atoms with E-state index in [1.807, 2.05) is 18.2 Å². The maximum Gasteiger partial charge on any atom is 0.337 e. The van der Waals surface area contributed by atoms with Gasteiger partial charge in [0.1, 0.15) is 16.8 Å². The average molecular weight is 383 g/mol. The molecule has 1 aromatic carbocycles. The highest BCUT2D eigenvalue weighted by Gasteiger charge is 2.29. The molecule has 0 amide bonds. The number of rotatable bonds is 3. The van der Waals surface area contributed by atoms with Crippen molar-refractivity contribution in [3.63, 3.8) is 0 Å².